The minimum Gasteiger partial charge on any atom is -0.507 e. The summed E-state index contributed by atoms with van der Waals surface area (Å²) >= 11 is 0. The van der Waals surface area contributed by atoms with E-state index in [-0.39, 0.29) is 23.4 Å². The number of carbonyl (C=O) groups is 2. The smallest absolute Gasteiger partial charge is 0.339 e. The van der Waals surface area contributed by atoms with E-state index in [4.69, 9.17) is 14.9 Å². The zero-order chi connectivity index (χ0) is 15.8. The van der Waals surface area contributed by atoms with Crippen molar-refractivity contribution in [3.63, 3.8) is 0 Å². The molecule has 0 aliphatic heterocycles. The molecular weight excluding hydrogens is 272 g/mol. The summed E-state index contributed by atoms with van der Waals surface area (Å²) in [4.78, 5) is 21.2. The number of carboxylic acid groups (broad SMARTS) is 1. The summed E-state index contributed by atoms with van der Waals surface area (Å²) in [5.41, 5.74) is 0.430. The largest absolute Gasteiger partial charge is 0.507 e. The maximum Gasteiger partial charge on any atom is 0.339 e. The van der Waals surface area contributed by atoms with Gasteiger partial charge in [-0.1, -0.05) is 18.7 Å². The second-order valence-electron chi connectivity index (χ2n) is 4.91. The molecule has 0 amide bonds. The normalized spacial score (nSPS) is 14.0. The molecule has 1 aliphatic rings. The van der Waals surface area contributed by atoms with Crippen molar-refractivity contribution in [1.29, 1.82) is 0 Å². The van der Waals surface area contributed by atoms with Crippen LogP contribution in [0, 0.1) is 0 Å². The SMILES string of the molecule is C=C(C)C(=O)OC1CCCC1.O=C(O)c1ccccc1O. The van der Waals surface area contributed by atoms with Gasteiger partial charge in [-0.25, -0.2) is 9.59 Å². The van der Waals surface area contributed by atoms with Crippen LogP contribution in [0.4, 0.5) is 0 Å². The Kier molecular flexibility index (Phi) is 6.46. The Bertz CT molecular complexity index is 515. The minimum atomic E-state index is -1.11. The summed E-state index contributed by atoms with van der Waals surface area (Å²) in [7, 11) is 0. The Labute approximate surface area is 123 Å². The highest BCUT2D eigenvalue weighted by atomic mass is 16.5. The lowest BCUT2D eigenvalue weighted by molar-refractivity contribution is -0.143. The number of benzene rings is 1. The maximum absolute atomic E-state index is 11.0. The standard InChI is InChI=1S/C9H14O2.C7H6O3/c1-7(2)9(10)11-8-5-3-4-6-8;8-6-4-2-1-3-5(6)7(9)10/h8H,1,3-6H2,2H3;1-4,8H,(H,9,10). The lowest BCUT2D eigenvalue weighted by Crippen LogP contribution is -2.14. The van der Waals surface area contributed by atoms with Crippen LogP contribution in [0.1, 0.15) is 43.0 Å². The molecule has 5 heteroatoms. The molecule has 0 heterocycles. The monoisotopic (exact) mass is 292 g/mol. The fourth-order valence-corrected chi connectivity index (χ4v) is 1.91. The van der Waals surface area contributed by atoms with Gasteiger partial charge in [-0.05, 0) is 44.7 Å². The van der Waals surface area contributed by atoms with Crippen LogP contribution >= 0.6 is 0 Å². The van der Waals surface area contributed by atoms with Crippen LogP contribution in [0.25, 0.3) is 0 Å². The molecule has 0 unspecified atom stereocenters. The second-order valence-corrected chi connectivity index (χ2v) is 4.91. The molecule has 2 N–H and O–H groups in total. The summed E-state index contributed by atoms with van der Waals surface area (Å²) in [6.07, 6.45) is 4.60. The number of hydrogen-bond acceptors (Lipinski definition) is 4. The predicted molar refractivity (Wildman–Crippen MR) is 78.2 cm³/mol. The highest BCUT2D eigenvalue weighted by molar-refractivity contribution is 5.90. The first-order valence-corrected chi connectivity index (χ1v) is 6.79. The average molecular weight is 292 g/mol. The molecule has 5 nitrogen and oxygen atoms in total. The van der Waals surface area contributed by atoms with Crippen LogP contribution in [0.5, 0.6) is 5.75 Å². The zero-order valence-electron chi connectivity index (χ0n) is 12.0. The van der Waals surface area contributed by atoms with E-state index in [1.807, 2.05) is 0 Å². The number of esters is 1. The van der Waals surface area contributed by atoms with Crippen LogP contribution in [-0.4, -0.2) is 28.3 Å². The number of rotatable bonds is 3. The van der Waals surface area contributed by atoms with Crippen LogP contribution in [-0.2, 0) is 9.53 Å². The van der Waals surface area contributed by atoms with Crippen molar-refractivity contribution in [2.45, 2.75) is 38.7 Å². The van der Waals surface area contributed by atoms with Crippen LogP contribution in [0.3, 0.4) is 0 Å². The van der Waals surface area contributed by atoms with Crippen molar-refractivity contribution in [3.8, 4) is 5.75 Å². The fraction of sp³-hybridized carbons (Fsp3) is 0.375. The molecule has 21 heavy (non-hydrogen) atoms. The quantitative estimate of drug-likeness (QED) is 0.660. The third-order valence-corrected chi connectivity index (χ3v) is 3.06. The molecule has 0 aromatic heterocycles. The average Bonchev–Trinajstić information content (AvgIpc) is 2.92. The molecule has 1 aromatic rings. The van der Waals surface area contributed by atoms with Crippen molar-refractivity contribution in [1.82, 2.24) is 0 Å². The minimum absolute atomic E-state index is 0.0671. The molecule has 0 radical (unpaired) electrons. The maximum atomic E-state index is 11.0. The second kappa shape index (κ2) is 8.09. The molecule has 1 fully saturated rings. The number of aromatic carboxylic acids is 1. The van der Waals surface area contributed by atoms with E-state index in [2.05, 4.69) is 6.58 Å². The van der Waals surface area contributed by atoms with Crippen molar-refractivity contribution < 1.29 is 24.5 Å². The van der Waals surface area contributed by atoms with Crippen molar-refractivity contribution in [2.75, 3.05) is 0 Å². The number of phenols is 1. The Morgan fingerprint density at radius 1 is 1.24 bits per heavy atom. The van der Waals surface area contributed by atoms with E-state index in [9.17, 15) is 9.59 Å². The number of ether oxygens (including phenoxy) is 1. The van der Waals surface area contributed by atoms with E-state index < -0.39 is 5.97 Å². The van der Waals surface area contributed by atoms with Gasteiger partial charge in [0, 0.05) is 5.57 Å². The molecular formula is C16H20O5. The van der Waals surface area contributed by atoms with Gasteiger partial charge in [-0.3, -0.25) is 0 Å². The zero-order valence-corrected chi connectivity index (χ0v) is 12.0. The van der Waals surface area contributed by atoms with Gasteiger partial charge in [-0.15, -0.1) is 0 Å². The van der Waals surface area contributed by atoms with Crippen molar-refractivity contribution >= 4 is 11.9 Å². The van der Waals surface area contributed by atoms with Crippen LogP contribution < -0.4 is 0 Å². The summed E-state index contributed by atoms with van der Waals surface area (Å²) < 4.78 is 5.13. The number of carbonyl (C=O) groups excluding carboxylic acids is 1. The molecule has 0 spiro atoms. The Morgan fingerprint density at radius 3 is 2.24 bits per heavy atom. The van der Waals surface area contributed by atoms with Gasteiger partial charge < -0.3 is 14.9 Å². The van der Waals surface area contributed by atoms with Gasteiger partial charge in [0.1, 0.15) is 17.4 Å². The van der Waals surface area contributed by atoms with E-state index in [0.717, 1.165) is 12.8 Å². The summed E-state index contributed by atoms with van der Waals surface area (Å²) in [5.74, 6) is -1.55. The van der Waals surface area contributed by atoms with Crippen molar-refractivity contribution in [3.05, 3.63) is 42.0 Å². The van der Waals surface area contributed by atoms with Crippen molar-refractivity contribution in [2.24, 2.45) is 0 Å². The molecule has 1 aromatic carbocycles. The highest BCUT2D eigenvalue weighted by Crippen LogP contribution is 2.21. The summed E-state index contributed by atoms with van der Waals surface area (Å²) in [6, 6.07) is 5.81. The van der Waals surface area contributed by atoms with Gasteiger partial charge in [-0.2, -0.15) is 0 Å². The third kappa shape index (κ3) is 5.69. The molecule has 1 aliphatic carbocycles. The first kappa shape index (κ1) is 16.8. The first-order chi connectivity index (χ1) is 9.91. The highest BCUT2D eigenvalue weighted by Gasteiger charge is 2.18. The van der Waals surface area contributed by atoms with Gasteiger partial charge >= 0.3 is 11.9 Å². The first-order valence-electron chi connectivity index (χ1n) is 6.79. The van der Waals surface area contributed by atoms with E-state index in [1.54, 1.807) is 19.1 Å². The van der Waals surface area contributed by atoms with Gasteiger partial charge in [0.15, 0.2) is 0 Å². The van der Waals surface area contributed by atoms with Crippen LogP contribution in [0.15, 0.2) is 36.4 Å². The summed E-state index contributed by atoms with van der Waals surface area (Å²) in [5, 5.41) is 17.3. The lowest BCUT2D eigenvalue weighted by atomic mass is 10.2. The molecule has 0 bridgehead atoms. The molecule has 0 atom stereocenters. The Morgan fingerprint density at radius 2 is 1.81 bits per heavy atom. The molecule has 2 rings (SSSR count). The fourth-order valence-electron chi connectivity index (χ4n) is 1.91. The van der Waals surface area contributed by atoms with Gasteiger partial charge in [0.05, 0.1) is 0 Å². The van der Waals surface area contributed by atoms with E-state index in [0.29, 0.717) is 5.57 Å². The number of carboxylic acids is 1. The predicted octanol–water partition coefficient (Wildman–Crippen LogP) is 3.14. The van der Waals surface area contributed by atoms with Crippen LogP contribution in [0.2, 0.25) is 0 Å². The number of aromatic hydroxyl groups is 1. The Balaban J connectivity index is 0.000000211. The summed E-state index contributed by atoms with van der Waals surface area (Å²) in [6.45, 7) is 5.20. The molecule has 0 saturated heterocycles. The number of hydrogen-bond donors (Lipinski definition) is 2. The lowest BCUT2D eigenvalue weighted by Gasteiger charge is -2.10. The topological polar surface area (TPSA) is 83.8 Å². The Hall–Kier alpha value is -2.30. The molecule has 114 valence electrons. The van der Waals surface area contributed by atoms with Gasteiger partial charge in [0.2, 0.25) is 0 Å². The third-order valence-electron chi connectivity index (χ3n) is 3.06. The molecule has 1 saturated carbocycles. The number of para-hydroxylation sites is 1. The van der Waals surface area contributed by atoms with E-state index >= 15 is 0 Å². The van der Waals surface area contributed by atoms with Gasteiger partial charge in [0.25, 0.3) is 0 Å². The van der Waals surface area contributed by atoms with E-state index in [1.165, 1.54) is 25.0 Å².